The number of ether oxygens (including phenoxy) is 1. The fourth-order valence-electron chi connectivity index (χ4n) is 3.37. The molecule has 1 aliphatic carbocycles. The molecule has 0 unspecified atom stereocenters. The van der Waals surface area contributed by atoms with E-state index in [2.05, 4.69) is 34.2 Å². The standard InChI is InChI=1S/C19H30N4O2/c1-3-20-18(21-15-19(24)8-5-9-19)23-12-10-22(11-13-23)16-6-4-7-17(14-16)25-2/h4,6-7,14,24H,3,5,8-13,15H2,1-2H3,(H,20,21). The summed E-state index contributed by atoms with van der Waals surface area (Å²) >= 11 is 0. The Morgan fingerprint density at radius 2 is 2.04 bits per heavy atom. The number of rotatable bonds is 5. The van der Waals surface area contributed by atoms with Gasteiger partial charge in [0.05, 0.1) is 19.3 Å². The van der Waals surface area contributed by atoms with E-state index >= 15 is 0 Å². The minimum absolute atomic E-state index is 0.505. The van der Waals surface area contributed by atoms with Gasteiger partial charge in [0.2, 0.25) is 0 Å². The second-order valence-electron chi connectivity index (χ2n) is 6.92. The second kappa shape index (κ2) is 7.95. The summed E-state index contributed by atoms with van der Waals surface area (Å²) in [6.07, 6.45) is 2.86. The molecule has 1 aliphatic heterocycles. The van der Waals surface area contributed by atoms with Crippen LogP contribution in [0.4, 0.5) is 5.69 Å². The molecule has 2 N–H and O–H groups in total. The highest BCUT2D eigenvalue weighted by atomic mass is 16.5. The summed E-state index contributed by atoms with van der Waals surface area (Å²) in [6, 6.07) is 8.22. The Hall–Kier alpha value is -1.95. The second-order valence-corrected chi connectivity index (χ2v) is 6.92. The van der Waals surface area contributed by atoms with Crippen molar-refractivity contribution in [2.24, 2.45) is 4.99 Å². The Balaban J connectivity index is 1.59. The van der Waals surface area contributed by atoms with E-state index in [1.165, 1.54) is 5.69 Å². The lowest BCUT2D eigenvalue weighted by Crippen LogP contribution is -2.53. The third-order valence-corrected chi connectivity index (χ3v) is 5.14. The van der Waals surface area contributed by atoms with Crippen LogP contribution < -0.4 is 15.0 Å². The van der Waals surface area contributed by atoms with Crippen LogP contribution >= 0.6 is 0 Å². The van der Waals surface area contributed by atoms with E-state index in [0.29, 0.717) is 6.54 Å². The minimum atomic E-state index is -0.566. The average molecular weight is 346 g/mol. The van der Waals surface area contributed by atoms with E-state index in [1.54, 1.807) is 7.11 Å². The lowest BCUT2D eigenvalue weighted by atomic mass is 9.80. The summed E-state index contributed by atoms with van der Waals surface area (Å²) in [5.41, 5.74) is 0.632. The van der Waals surface area contributed by atoms with Gasteiger partial charge in [-0.1, -0.05) is 6.07 Å². The summed E-state index contributed by atoms with van der Waals surface area (Å²) in [4.78, 5) is 9.37. The average Bonchev–Trinajstić information content (AvgIpc) is 2.64. The monoisotopic (exact) mass is 346 g/mol. The SMILES string of the molecule is CCNC(=NCC1(O)CCC1)N1CCN(c2cccc(OC)c2)CC1. The third kappa shape index (κ3) is 4.37. The van der Waals surface area contributed by atoms with Gasteiger partial charge in [0.15, 0.2) is 5.96 Å². The van der Waals surface area contributed by atoms with E-state index in [0.717, 1.165) is 63.7 Å². The van der Waals surface area contributed by atoms with Gasteiger partial charge < -0.3 is 25.0 Å². The predicted molar refractivity (Wildman–Crippen MR) is 102 cm³/mol. The molecule has 2 fully saturated rings. The number of piperazine rings is 1. The largest absolute Gasteiger partial charge is 0.497 e. The number of benzene rings is 1. The van der Waals surface area contributed by atoms with Gasteiger partial charge in [0.25, 0.3) is 0 Å². The van der Waals surface area contributed by atoms with Crippen LogP contribution in [0.25, 0.3) is 0 Å². The summed E-state index contributed by atoms with van der Waals surface area (Å²) in [5, 5.41) is 13.7. The van der Waals surface area contributed by atoms with Crippen LogP contribution in [0.15, 0.2) is 29.3 Å². The molecule has 1 aromatic carbocycles. The van der Waals surface area contributed by atoms with Crippen molar-refractivity contribution in [2.45, 2.75) is 31.8 Å². The summed E-state index contributed by atoms with van der Waals surface area (Å²) in [7, 11) is 1.70. The predicted octanol–water partition coefficient (Wildman–Crippen LogP) is 1.70. The third-order valence-electron chi connectivity index (χ3n) is 5.14. The van der Waals surface area contributed by atoms with Crippen LogP contribution in [0, 0.1) is 0 Å². The molecular weight excluding hydrogens is 316 g/mol. The molecule has 0 atom stereocenters. The number of guanidine groups is 1. The van der Waals surface area contributed by atoms with Crippen LogP contribution in [0.2, 0.25) is 0 Å². The topological polar surface area (TPSA) is 60.3 Å². The van der Waals surface area contributed by atoms with Gasteiger partial charge in [0, 0.05) is 44.5 Å². The maximum absolute atomic E-state index is 10.3. The normalized spacial score (nSPS) is 20.2. The van der Waals surface area contributed by atoms with E-state index in [1.807, 2.05) is 12.1 Å². The van der Waals surface area contributed by atoms with Crippen molar-refractivity contribution in [3.05, 3.63) is 24.3 Å². The van der Waals surface area contributed by atoms with E-state index in [4.69, 9.17) is 9.73 Å². The Kier molecular flexibility index (Phi) is 5.68. The van der Waals surface area contributed by atoms with Crippen LogP contribution in [-0.4, -0.2) is 67.9 Å². The highest BCUT2D eigenvalue weighted by molar-refractivity contribution is 5.80. The van der Waals surface area contributed by atoms with Crippen LogP contribution in [0.3, 0.4) is 0 Å². The van der Waals surface area contributed by atoms with Crippen molar-refractivity contribution >= 4 is 11.6 Å². The highest BCUT2D eigenvalue weighted by Crippen LogP contribution is 2.31. The highest BCUT2D eigenvalue weighted by Gasteiger charge is 2.34. The molecule has 1 aromatic rings. The zero-order valence-corrected chi connectivity index (χ0v) is 15.4. The number of nitrogens with one attached hydrogen (secondary N) is 1. The first kappa shape index (κ1) is 17.9. The summed E-state index contributed by atoms with van der Waals surface area (Å²) in [5.74, 6) is 1.82. The quantitative estimate of drug-likeness (QED) is 0.628. The molecule has 0 spiro atoms. The van der Waals surface area contributed by atoms with E-state index in [-0.39, 0.29) is 0 Å². The number of aliphatic hydroxyl groups is 1. The van der Waals surface area contributed by atoms with Crippen molar-refractivity contribution in [1.82, 2.24) is 10.2 Å². The van der Waals surface area contributed by atoms with Gasteiger partial charge >= 0.3 is 0 Å². The Morgan fingerprint density at radius 1 is 1.28 bits per heavy atom. The fraction of sp³-hybridized carbons (Fsp3) is 0.632. The Bertz CT molecular complexity index is 593. The molecule has 1 saturated carbocycles. The first-order valence-corrected chi connectivity index (χ1v) is 9.28. The number of hydrogen-bond acceptors (Lipinski definition) is 4. The molecule has 3 rings (SSSR count). The molecule has 0 amide bonds. The van der Waals surface area contributed by atoms with Gasteiger partial charge in [-0.2, -0.15) is 0 Å². The van der Waals surface area contributed by atoms with Crippen molar-refractivity contribution in [1.29, 1.82) is 0 Å². The minimum Gasteiger partial charge on any atom is -0.497 e. The molecule has 6 nitrogen and oxygen atoms in total. The molecule has 25 heavy (non-hydrogen) atoms. The molecule has 138 valence electrons. The molecule has 0 radical (unpaired) electrons. The van der Waals surface area contributed by atoms with Crippen LogP contribution in [0.1, 0.15) is 26.2 Å². The molecule has 0 bridgehead atoms. The zero-order valence-electron chi connectivity index (χ0n) is 15.4. The van der Waals surface area contributed by atoms with Crippen molar-refractivity contribution in [3.8, 4) is 5.75 Å². The van der Waals surface area contributed by atoms with Crippen LogP contribution in [-0.2, 0) is 0 Å². The molecule has 0 aromatic heterocycles. The van der Waals surface area contributed by atoms with E-state index < -0.39 is 5.60 Å². The number of methoxy groups -OCH3 is 1. The molecule has 2 aliphatic rings. The Morgan fingerprint density at radius 3 is 2.64 bits per heavy atom. The summed E-state index contributed by atoms with van der Waals surface area (Å²) < 4.78 is 5.33. The van der Waals surface area contributed by atoms with Gasteiger partial charge in [-0.15, -0.1) is 0 Å². The molecular formula is C19H30N4O2. The van der Waals surface area contributed by atoms with E-state index in [9.17, 15) is 5.11 Å². The molecule has 1 saturated heterocycles. The van der Waals surface area contributed by atoms with Gasteiger partial charge in [-0.05, 0) is 38.3 Å². The molecule has 1 heterocycles. The van der Waals surface area contributed by atoms with Crippen molar-refractivity contribution in [3.63, 3.8) is 0 Å². The maximum Gasteiger partial charge on any atom is 0.194 e. The number of nitrogens with zero attached hydrogens (tertiary/aromatic N) is 3. The van der Waals surface area contributed by atoms with Crippen molar-refractivity contribution in [2.75, 3.05) is 51.3 Å². The number of anilines is 1. The van der Waals surface area contributed by atoms with Crippen molar-refractivity contribution < 1.29 is 9.84 Å². The Labute approximate surface area is 150 Å². The smallest absolute Gasteiger partial charge is 0.194 e. The van der Waals surface area contributed by atoms with Gasteiger partial charge in [0.1, 0.15) is 5.75 Å². The van der Waals surface area contributed by atoms with Gasteiger partial charge in [-0.25, -0.2) is 0 Å². The zero-order chi connectivity index (χ0) is 17.7. The number of hydrogen-bond donors (Lipinski definition) is 2. The molecule has 6 heteroatoms. The first-order valence-electron chi connectivity index (χ1n) is 9.28. The lowest BCUT2D eigenvalue weighted by Gasteiger charge is -2.39. The summed E-state index contributed by atoms with van der Waals surface area (Å²) in [6.45, 7) is 7.16. The van der Waals surface area contributed by atoms with Gasteiger partial charge in [-0.3, -0.25) is 4.99 Å². The fourth-order valence-corrected chi connectivity index (χ4v) is 3.37. The maximum atomic E-state index is 10.3. The first-order chi connectivity index (χ1) is 12.1. The number of aliphatic imine (C=N–C) groups is 1. The lowest BCUT2D eigenvalue weighted by molar-refractivity contribution is -0.0237. The van der Waals surface area contributed by atoms with Crippen LogP contribution in [0.5, 0.6) is 5.75 Å².